The first-order valence-corrected chi connectivity index (χ1v) is 4.46. The van der Waals surface area contributed by atoms with Gasteiger partial charge in [0.2, 0.25) is 0 Å². The molecule has 5 nitrogen and oxygen atoms in total. The van der Waals surface area contributed by atoms with Crippen LogP contribution in [0.4, 0.5) is 0 Å². The van der Waals surface area contributed by atoms with E-state index in [0.29, 0.717) is 11.3 Å². The number of hydrogen-bond donors (Lipinski definition) is 0. The first-order valence-electron chi connectivity index (χ1n) is 4.46. The molecule has 0 saturated heterocycles. The van der Waals surface area contributed by atoms with Gasteiger partial charge in [0.15, 0.2) is 5.78 Å². The molecule has 0 atom stereocenters. The zero-order valence-corrected chi connectivity index (χ0v) is 8.38. The molecule has 0 amide bonds. The number of nitrogens with zero attached hydrogens (tertiary/aromatic N) is 3. The van der Waals surface area contributed by atoms with Crippen LogP contribution in [0.2, 0.25) is 0 Å². The van der Waals surface area contributed by atoms with E-state index in [-0.39, 0.29) is 18.7 Å². The SMILES string of the molecule is COc1cccc(C(=O)CCN=[N+]=[N-])c1. The van der Waals surface area contributed by atoms with Crippen LogP contribution in [0.3, 0.4) is 0 Å². The van der Waals surface area contributed by atoms with Crippen LogP contribution < -0.4 is 4.74 Å². The zero-order chi connectivity index (χ0) is 11.1. The molecule has 78 valence electrons. The monoisotopic (exact) mass is 205 g/mol. The number of methoxy groups -OCH3 is 1. The Kier molecular flexibility index (Phi) is 4.19. The molecule has 0 aromatic heterocycles. The number of azide groups is 1. The molecule has 0 aliphatic heterocycles. The second kappa shape index (κ2) is 5.67. The third-order valence-electron chi connectivity index (χ3n) is 1.89. The summed E-state index contributed by atoms with van der Waals surface area (Å²) >= 11 is 0. The average molecular weight is 205 g/mol. The first-order chi connectivity index (χ1) is 7.27. The summed E-state index contributed by atoms with van der Waals surface area (Å²) in [7, 11) is 1.55. The number of Topliss-reactive ketones (excluding diaryl/α,β-unsaturated/α-hetero) is 1. The molecule has 0 aliphatic rings. The molecule has 0 unspecified atom stereocenters. The fourth-order valence-electron chi connectivity index (χ4n) is 1.14. The van der Waals surface area contributed by atoms with Crippen LogP contribution in [0.1, 0.15) is 16.8 Å². The maximum Gasteiger partial charge on any atom is 0.163 e. The quantitative estimate of drug-likeness (QED) is 0.320. The molecule has 15 heavy (non-hydrogen) atoms. The van der Waals surface area contributed by atoms with E-state index in [2.05, 4.69) is 10.0 Å². The van der Waals surface area contributed by atoms with E-state index in [1.165, 1.54) is 0 Å². The summed E-state index contributed by atoms with van der Waals surface area (Å²) in [5.41, 5.74) is 8.63. The lowest BCUT2D eigenvalue weighted by Gasteiger charge is -2.02. The molecule has 0 bridgehead atoms. The van der Waals surface area contributed by atoms with E-state index in [4.69, 9.17) is 10.3 Å². The minimum Gasteiger partial charge on any atom is -0.497 e. The fourth-order valence-corrected chi connectivity index (χ4v) is 1.14. The average Bonchev–Trinajstić information content (AvgIpc) is 2.29. The number of carbonyl (C=O) groups is 1. The van der Waals surface area contributed by atoms with Crippen molar-refractivity contribution < 1.29 is 9.53 Å². The van der Waals surface area contributed by atoms with Gasteiger partial charge in [-0.25, -0.2) is 0 Å². The Morgan fingerprint density at radius 1 is 1.60 bits per heavy atom. The molecule has 1 aromatic carbocycles. The van der Waals surface area contributed by atoms with Crippen LogP contribution >= 0.6 is 0 Å². The Labute approximate surface area is 87.3 Å². The number of ether oxygens (including phenoxy) is 1. The van der Waals surface area contributed by atoms with Gasteiger partial charge in [0.05, 0.1) is 7.11 Å². The van der Waals surface area contributed by atoms with Crippen LogP contribution in [0.15, 0.2) is 29.4 Å². The van der Waals surface area contributed by atoms with Gasteiger partial charge in [-0.3, -0.25) is 4.79 Å². The topological polar surface area (TPSA) is 75.1 Å². The number of carbonyl (C=O) groups excluding carboxylic acids is 1. The molecule has 0 fully saturated rings. The van der Waals surface area contributed by atoms with Crippen molar-refractivity contribution in [1.29, 1.82) is 0 Å². The molecule has 0 N–H and O–H groups in total. The molecule has 0 heterocycles. The Bertz CT molecular complexity index is 397. The predicted molar refractivity (Wildman–Crippen MR) is 56.0 cm³/mol. The summed E-state index contributed by atoms with van der Waals surface area (Å²) in [5.74, 6) is 0.589. The van der Waals surface area contributed by atoms with Gasteiger partial charge in [-0.1, -0.05) is 17.2 Å². The summed E-state index contributed by atoms with van der Waals surface area (Å²) in [4.78, 5) is 14.1. The van der Waals surface area contributed by atoms with Gasteiger partial charge in [0.25, 0.3) is 0 Å². The van der Waals surface area contributed by atoms with Crippen LogP contribution in [0.5, 0.6) is 5.75 Å². The molecule has 0 saturated carbocycles. The lowest BCUT2D eigenvalue weighted by Crippen LogP contribution is -2.00. The third kappa shape index (κ3) is 3.32. The van der Waals surface area contributed by atoms with Gasteiger partial charge < -0.3 is 4.74 Å². The smallest absolute Gasteiger partial charge is 0.163 e. The third-order valence-corrected chi connectivity index (χ3v) is 1.89. The lowest BCUT2D eigenvalue weighted by atomic mass is 10.1. The van der Waals surface area contributed by atoms with Crippen LogP contribution in [-0.2, 0) is 0 Å². The number of ketones is 1. The standard InChI is InChI=1S/C10H11N3O2/c1-15-9-4-2-3-8(7-9)10(14)5-6-12-13-11/h2-4,7H,5-6H2,1H3. The number of hydrogen-bond acceptors (Lipinski definition) is 3. The van der Waals surface area contributed by atoms with Gasteiger partial charge >= 0.3 is 0 Å². The first kappa shape index (κ1) is 11.1. The van der Waals surface area contributed by atoms with Crippen molar-refractivity contribution >= 4 is 5.78 Å². The molecule has 0 spiro atoms. The summed E-state index contributed by atoms with van der Waals surface area (Å²) in [5, 5.41) is 3.31. The largest absolute Gasteiger partial charge is 0.497 e. The maximum absolute atomic E-state index is 11.5. The molecule has 0 radical (unpaired) electrons. The van der Waals surface area contributed by atoms with Crippen molar-refractivity contribution in [2.24, 2.45) is 5.11 Å². The minimum absolute atomic E-state index is 0.0544. The van der Waals surface area contributed by atoms with Gasteiger partial charge in [0, 0.05) is 23.4 Å². The van der Waals surface area contributed by atoms with Crippen molar-refractivity contribution in [2.45, 2.75) is 6.42 Å². The van der Waals surface area contributed by atoms with E-state index in [0.717, 1.165) is 0 Å². The predicted octanol–water partition coefficient (Wildman–Crippen LogP) is 2.58. The molecule has 0 aliphatic carbocycles. The molecule has 5 heteroatoms. The summed E-state index contributed by atoms with van der Waals surface area (Å²) in [6, 6.07) is 6.89. The van der Waals surface area contributed by atoms with E-state index in [1.54, 1.807) is 31.4 Å². The fraction of sp³-hybridized carbons (Fsp3) is 0.300. The maximum atomic E-state index is 11.5. The normalized spacial score (nSPS) is 9.13. The molecular weight excluding hydrogens is 194 g/mol. The second-order valence-electron chi connectivity index (χ2n) is 2.86. The van der Waals surface area contributed by atoms with E-state index in [1.807, 2.05) is 0 Å². The zero-order valence-electron chi connectivity index (χ0n) is 8.38. The van der Waals surface area contributed by atoms with Crippen molar-refractivity contribution in [3.8, 4) is 5.75 Å². The number of rotatable bonds is 5. The Hall–Kier alpha value is -2.00. The van der Waals surface area contributed by atoms with E-state index < -0.39 is 0 Å². The van der Waals surface area contributed by atoms with Crippen molar-refractivity contribution in [3.63, 3.8) is 0 Å². The minimum atomic E-state index is -0.0544. The summed E-state index contributed by atoms with van der Waals surface area (Å²) in [6.07, 6.45) is 0.219. The summed E-state index contributed by atoms with van der Waals surface area (Å²) < 4.78 is 5.00. The Morgan fingerprint density at radius 3 is 3.07 bits per heavy atom. The highest BCUT2D eigenvalue weighted by molar-refractivity contribution is 5.96. The van der Waals surface area contributed by atoms with Gasteiger partial charge in [-0.05, 0) is 17.7 Å². The Balaban J connectivity index is 2.68. The molecule has 1 rings (SSSR count). The molecule has 1 aromatic rings. The highest BCUT2D eigenvalue weighted by Gasteiger charge is 2.05. The van der Waals surface area contributed by atoms with E-state index in [9.17, 15) is 4.79 Å². The van der Waals surface area contributed by atoms with Gasteiger partial charge in [-0.15, -0.1) is 0 Å². The van der Waals surface area contributed by atoms with Gasteiger partial charge in [0.1, 0.15) is 5.75 Å². The highest BCUT2D eigenvalue weighted by atomic mass is 16.5. The van der Waals surface area contributed by atoms with Crippen LogP contribution in [-0.4, -0.2) is 19.4 Å². The highest BCUT2D eigenvalue weighted by Crippen LogP contribution is 2.13. The van der Waals surface area contributed by atoms with Crippen molar-refractivity contribution in [2.75, 3.05) is 13.7 Å². The van der Waals surface area contributed by atoms with Crippen molar-refractivity contribution in [3.05, 3.63) is 40.3 Å². The Morgan fingerprint density at radius 2 is 2.40 bits per heavy atom. The second-order valence-corrected chi connectivity index (χ2v) is 2.86. The number of benzene rings is 1. The van der Waals surface area contributed by atoms with Crippen LogP contribution in [0, 0.1) is 0 Å². The van der Waals surface area contributed by atoms with E-state index >= 15 is 0 Å². The van der Waals surface area contributed by atoms with Crippen molar-refractivity contribution in [1.82, 2.24) is 0 Å². The van der Waals surface area contributed by atoms with Gasteiger partial charge in [-0.2, -0.15) is 0 Å². The lowest BCUT2D eigenvalue weighted by molar-refractivity contribution is 0.0985. The summed E-state index contributed by atoms with van der Waals surface area (Å²) in [6.45, 7) is 0.187. The molecular formula is C10H11N3O2. The van der Waals surface area contributed by atoms with Crippen LogP contribution in [0.25, 0.3) is 10.4 Å².